The van der Waals surface area contributed by atoms with Gasteiger partial charge >= 0.3 is 6.03 Å². The van der Waals surface area contributed by atoms with Crippen molar-refractivity contribution in [2.75, 3.05) is 26.8 Å². The minimum absolute atomic E-state index is 0.138. The number of aryl methyl sites for hydroxylation is 1. The number of aliphatic hydroxyl groups excluding tert-OH is 1. The number of nitrogens with one attached hydrogen (secondary N) is 2. The fourth-order valence-corrected chi connectivity index (χ4v) is 2.10. The summed E-state index contributed by atoms with van der Waals surface area (Å²) in [5.74, 6) is 0. The van der Waals surface area contributed by atoms with Crippen LogP contribution in [-0.4, -0.2) is 44.0 Å². The lowest BCUT2D eigenvalue weighted by Gasteiger charge is -2.26. The summed E-state index contributed by atoms with van der Waals surface area (Å²) in [6.45, 7) is 7.49. The number of hydrogen-bond acceptors (Lipinski definition) is 3. The van der Waals surface area contributed by atoms with E-state index < -0.39 is 6.10 Å². The van der Waals surface area contributed by atoms with Gasteiger partial charge in [-0.1, -0.05) is 43.7 Å². The standard InChI is InChI=1S/C17H28N2O3/c1-13-5-7-14(8-6-13)17(2,3)12-19-16(21)18-10-9-15(20)11-22-4/h5-8,15,20H,9-12H2,1-4H3,(H2,18,19,21). The van der Waals surface area contributed by atoms with Crippen molar-refractivity contribution in [3.63, 3.8) is 0 Å². The fourth-order valence-electron chi connectivity index (χ4n) is 2.10. The molecule has 0 aliphatic carbocycles. The van der Waals surface area contributed by atoms with Gasteiger partial charge in [0, 0.05) is 25.6 Å². The molecule has 5 nitrogen and oxygen atoms in total. The summed E-state index contributed by atoms with van der Waals surface area (Å²) in [6, 6.07) is 8.12. The highest BCUT2D eigenvalue weighted by molar-refractivity contribution is 5.73. The van der Waals surface area contributed by atoms with Crippen LogP contribution in [0.4, 0.5) is 4.79 Å². The van der Waals surface area contributed by atoms with Gasteiger partial charge in [-0.25, -0.2) is 4.79 Å². The van der Waals surface area contributed by atoms with Crippen LogP contribution in [0.1, 0.15) is 31.4 Å². The van der Waals surface area contributed by atoms with Crippen LogP contribution in [-0.2, 0) is 10.2 Å². The number of methoxy groups -OCH3 is 1. The van der Waals surface area contributed by atoms with Gasteiger partial charge in [-0.15, -0.1) is 0 Å². The molecule has 5 heteroatoms. The van der Waals surface area contributed by atoms with E-state index in [1.54, 1.807) is 0 Å². The van der Waals surface area contributed by atoms with Crippen LogP contribution in [0.5, 0.6) is 0 Å². The molecule has 1 aromatic carbocycles. The summed E-state index contributed by atoms with van der Waals surface area (Å²) in [5.41, 5.74) is 2.27. The molecule has 22 heavy (non-hydrogen) atoms. The summed E-state index contributed by atoms with van der Waals surface area (Å²) in [5, 5.41) is 15.1. The summed E-state index contributed by atoms with van der Waals surface area (Å²) in [4.78, 5) is 11.8. The molecule has 0 bridgehead atoms. The Kier molecular flexibility index (Phi) is 7.35. The van der Waals surface area contributed by atoms with Gasteiger partial charge in [0.05, 0.1) is 12.7 Å². The first-order valence-corrected chi connectivity index (χ1v) is 7.61. The largest absolute Gasteiger partial charge is 0.391 e. The van der Waals surface area contributed by atoms with E-state index in [1.165, 1.54) is 18.2 Å². The topological polar surface area (TPSA) is 70.6 Å². The van der Waals surface area contributed by atoms with Crippen molar-refractivity contribution in [1.82, 2.24) is 10.6 Å². The Hall–Kier alpha value is -1.59. The first-order valence-electron chi connectivity index (χ1n) is 7.61. The van der Waals surface area contributed by atoms with E-state index in [9.17, 15) is 9.90 Å². The molecule has 0 saturated heterocycles. The number of urea groups is 1. The number of rotatable bonds is 8. The highest BCUT2D eigenvalue weighted by atomic mass is 16.5. The van der Waals surface area contributed by atoms with Crippen molar-refractivity contribution in [2.24, 2.45) is 0 Å². The second kappa shape index (κ2) is 8.76. The Morgan fingerprint density at radius 2 is 1.91 bits per heavy atom. The molecule has 0 spiro atoms. The molecule has 0 fully saturated rings. The van der Waals surface area contributed by atoms with Crippen molar-refractivity contribution in [2.45, 2.75) is 38.7 Å². The molecular formula is C17H28N2O3. The second-order valence-corrected chi connectivity index (χ2v) is 6.26. The lowest BCUT2D eigenvalue weighted by Crippen LogP contribution is -2.43. The van der Waals surface area contributed by atoms with Gasteiger partial charge in [0.15, 0.2) is 0 Å². The van der Waals surface area contributed by atoms with Crippen LogP contribution in [0.3, 0.4) is 0 Å². The highest BCUT2D eigenvalue weighted by Gasteiger charge is 2.21. The minimum Gasteiger partial charge on any atom is -0.391 e. The molecule has 0 heterocycles. The lowest BCUT2D eigenvalue weighted by atomic mass is 9.84. The van der Waals surface area contributed by atoms with E-state index >= 15 is 0 Å². The summed E-state index contributed by atoms with van der Waals surface area (Å²) < 4.78 is 4.83. The molecule has 3 N–H and O–H groups in total. The molecule has 0 aliphatic rings. The monoisotopic (exact) mass is 308 g/mol. The second-order valence-electron chi connectivity index (χ2n) is 6.26. The maximum absolute atomic E-state index is 11.8. The number of carbonyl (C=O) groups excluding carboxylic acids is 1. The third-order valence-electron chi connectivity index (χ3n) is 3.65. The van der Waals surface area contributed by atoms with Crippen LogP contribution >= 0.6 is 0 Å². The molecule has 0 aliphatic heterocycles. The zero-order valence-corrected chi connectivity index (χ0v) is 14.0. The Morgan fingerprint density at radius 3 is 2.50 bits per heavy atom. The normalized spacial score (nSPS) is 12.8. The van der Waals surface area contributed by atoms with Gasteiger partial charge in [0.2, 0.25) is 0 Å². The third kappa shape index (κ3) is 6.45. The third-order valence-corrected chi connectivity index (χ3v) is 3.65. The minimum atomic E-state index is -0.547. The Balaban J connectivity index is 2.34. The highest BCUT2D eigenvalue weighted by Crippen LogP contribution is 2.22. The molecule has 1 atom stereocenters. The van der Waals surface area contributed by atoms with Crippen molar-refractivity contribution in [1.29, 1.82) is 0 Å². The number of carbonyl (C=O) groups is 1. The van der Waals surface area contributed by atoms with Crippen LogP contribution in [0.2, 0.25) is 0 Å². The van der Waals surface area contributed by atoms with E-state index in [1.807, 2.05) is 0 Å². The average molecular weight is 308 g/mol. The molecule has 0 aromatic heterocycles. The number of aliphatic hydroxyl groups is 1. The zero-order valence-electron chi connectivity index (χ0n) is 14.0. The summed E-state index contributed by atoms with van der Waals surface area (Å²) in [6.07, 6.45) is -0.0721. The zero-order chi connectivity index (χ0) is 16.6. The Labute approximate surface area is 133 Å². The van der Waals surface area contributed by atoms with E-state index in [0.717, 1.165) is 0 Å². The SMILES string of the molecule is COCC(O)CCNC(=O)NCC(C)(C)c1ccc(C)cc1. The lowest BCUT2D eigenvalue weighted by molar-refractivity contribution is 0.0598. The number of benzene rings is 1. The van der Waals surface area contributed by atoms with Gasteiger partial charge in [0.1, 0.15) is 0 Å². The molecule has 0 radical (unpaired) electrons. The molecule has 1 rings (SSSR count). The summed E-state index contributed by atoms with van der Waals surface area (Å²) >= 11 is 0. The van der Waals surface area contributed by atoms with Crippen molar-refractivity contribution >= 4 is 6.03 Å². The fraction of sp³-hybridized carbons (Fsp3) is 0.588. The van der Waals surface area contributed by atoms with Gasteiger partial charge in [0.25, 0.3) is 0 Å². The quantitative estimate of drug-likeness (QED) is 0.687. The number of amides is 2. The van der Waals surface area contributed by atoms with Gasteiger partial charge in [-0.3, -0.25) is 0 Å². The van der Waals surface area contributed by atoms with Crippen molar-refractivity contribution in [3.05, 3.63) is 35.4 Å². The molecule has 0 saturated carbocycles. The Morgan fingerprint density at radius 1 is 1.27 bits per heavy atom. The number of ether oxygens (including phenoxy) is 1. The van der Waals surface area contributed by atoms with Crippen LogP contribution < -0.4 is 10.6 Å². The van der Waals surface area contributed by atoms with Crippen LogP contribution in [0.15, 0.2) is 24.3 Å². The first kappa shape index (κ1) is 18.5. The first-order chi connectivity index (χ1) is 10.3. The van der Waals surface area contributed by atoms with Crippen LogP contribution in [0.25, 0.3) is 0 Å². The predicted octanol–water partition coefficient (Wildman–Crippen LogP) is 1.97. The average Bonchev–Trinajstić information content (AvgIpc) is 2.46. The van der Waals surface area contributed by atoms with Gasteiger partial charge < -0.3 is 20.5 Å². The van der Waals surface area contributed by atoms with E-state index in [-0.39, 0.29) is 18.1 Å². The molecule has 1 aromatic rings. The maximum atomic E-state index is 11.8. The Bertz CT molecular complexity index is 457. The molecule has 2 amide bonds. The molecular weight excluding hydrogens is 280 g/mol. The summed E-state index contributed by atoms with van der Waals surface area (Å²) in [7, 11) is 1.54. The molecule has 124 valence electrons. The number of hydrogen-bond donors (Lipinski definition) is 3. The van der Waals surface area contributed by atoms with E-state index in [2.05, 4.69) is 55.7 Å². The van der Waals surface area contributed by atoms with E-state index in [0.29, 0.717) is 19.5 Å². The maximum Gasteiger partial charge on any atom is 0.314 e. The van der Waals surface area contributed by atoms with Crippen molar-refractivity contribution < 1.29 is 14.6 Å². The van der Waals surface area contributed by atoms with Crippen LogP contribution in [0, 0.1) is 6.92 Å². The molecule has 1 unspecified atom stereocenters. The van der Waals surface area contributed by atoms with Gasteiger partial charge in [-0.2, -0.15) is 0 Å². The smallest absolute Gasteiger partial charge is 0.314 e. The van der Waals surface area contributed by atoms with Crippen molar-refractivity contribution in [3.8, 4) is 0 Å². The van der Waals surface area contributed by atoms with Gasteiger partial charge in [-0.05, 0) is 18.9 Å². The predicted molar refractivity (Wildman–Crippen MR) is 88.1 cm³/mol. The van der Waals surface area contributed by atoms with E-state index in [4.69, 9.17) is 4.74 Å².